The molecule has 0 saturated carbocycles. The largest absolute Gasteiger partial charge is 0.330 e. The predicted octanol–water partition coefficient (Wildman–Crippen LogP) is 1.85. The zero-order valence-corrected chi connectivity index (χ0v) is 9.64. The van der Waals surface area contributed by atoms with E-state index in [2.05, 4.69) is 33.0 Å². The highest BCUT2D eigenvalue weighted by molar-refractivity contribution is 4.73. The second-order valence-electron chi connectivity index (χ2n) is 4.36. The van der Waals surface area contributed by atoms with Crippen LogP contribution in [0.2, 0.25) is 0 Å². The summed E-state index contributed by atoms with van der Waals surface area (Å²) in [6.07, 6.45) is 1.20. The molecule has 0 amide bonds. The Labute approximate surface area is 83.3 Å². The van der Waals surface area contributed by atoms with Crippen LogP contribution in [-0.4, -0.2) is 19.6 Å². The van der Waals surface area contributed by atoms with E-state index in [-0.39, 0.29) is 0 Å². The van der Waals surface area contributed by atoms with E-state index < -0.39 is 0 Å². The van der Waals surface area contributed by atoms with Crippen molar-refractivity contribution in [2.75, 3.05) is 19.6 Å². The molecule has 13 heavy (non-hydrogen) atoms. The monoisotopic (exact) mass is 186 g/mol. The standard InChI is InChI=1S/C6H13N.C5H13N/c1-5-3-7-4-6(5)2;1-3-5(2)4-6/h5-7H,3-4H2,1-2H3;5H,3-4,6H2,1-2H3. The van der Waals surface area contributed by atoms with Crippen LogP contribution < -0.4 is 11.1 Å². The van der Waals surface area contributed by atoms with Crippen LogP contribution in [0.3, 0.4) is 0 Å². The molecule has 1 fully saturated rings. The third-order valence-corrected chi connectivity index (χ3v) is 3.00. The first-order valence-corrected chi connectivity index (χ1v) is 5.52. The van der Waals surface area contributed by atoms with Crippen molar-refractivity contribution >= 4 is 0 Å². The summed E-state index contributed by atoms with van der Waals surface area (Å²) < 4.78 is 0. The minimum absolute atomic E-state index is 0.713. The fraction of sp³-hybridized carbons (Fsp3) is 1.00. The van der Waals surface area contributed by atoms with Crippen molar-refractivity contribution in [2.24, 2.45) is 23.5 Å². The van der Waals surface area contributed by atoms with Crippen molar-refractivity contribution in [3.63, 3.8) is 0 Å². The zero-order chi connectivity index (χ0) is 10.3. The van der Waals surface area contributed by atoms with E-state index in [0.29, 0.717) is 5.92 Å². The summed E-state index contributed by atoms with van der Waals surface area (Å²) in [5, 5.41) is 3.32. The molecule has 0 aliphatic carbocycles. The normalized spacial score (nSPS) is 29.3. The Kier molecular flexibility index (Phi) is 7.29. The van der Waals surface area contributed by atoms with Gasteiger partial charge in [0.25, 0.3) is 0 Å². The molecule has 0 aromatic rings. The molecular formula is C11H26N2. The van der Waals surface area contributed by atoms with Gasteiger partial charge in [0, 0.05) is 0 Å². The van der Waals surface area contributed by atoms with Crippen LogP contribution in [0.15, 0.2) is 0 Å². The second-order valence-corrected chi connectivity index (χ2v) is 4.36. The minimum atomic E-state index is 0.713. The quantitative estimate of drug-likeness (QED) is 0.691. The molecule has 80 valence electrons. The molecule has 3 N–H and O–H groups in total. The first-order chi connectivity index (χ1) is 6.11. The van der Waals surface area contributed by atoms with Gasteiger partial charge in [-0.3, -0.25) is 0 Å². The Morgan fingerprint density at radius 1 is 1.31 bits per heavy atom. The number of nitrogens with one attached hydrogen (secondary N) is 1. The van der Waals surface area contributed by atoms with Crippen molar-refractivity contribution in [1.82, 2.24) is 5.32 Å². The molecule has 3 unspecified atom stereocenters. The summed E-state index contributed by atoms with van der Waals surface area (Å²) in [5.74, 6) is 2.52. The van der Waals surface area contributed by atoms with E-state index in [9.17, 15) is 0 Å². The maximum Gasteiger partial charge on any atom is -0.00200 e. The van der Waals surface area contributed by atoms with Crippen LogP contribution in [0.1, 0.15) is 34.1 Å². The minimum Gasteiger partial charge on any atom is -0.330 e. The summed E-state index contributed by atoms with van der Waals surface area (Å²) in [5.41, 5.74) is 5.28. The van der Waals surface area contributed by atoms with Crippen molar-refractivity contribution < 1.29 is 0 Å². The summed E-state index contributed by atoms with van der Waals surface area (Å²) >= 11 is 0. The molecule has 3 atom stereocenters. The lowest BCUT2D eigenvalue weighted by Gasteiger charge is -2.03. The SMILES string of the molecule is CC1CNCC1C.CCC(C)CN. The van der Waals surface area contributed by atoms with E-state index in [1.807, 2.05) is 0 Å². The van der Waals surface area contributed by atoms with Gasteiger partial charge in [-0.25, -0.2) is 0 Å². The molecule has 1 aliphatic rings. The third kappa shape index (κ3) is 6.05. The summed E-state index contributed by atoms with van der Waals surface area (Å²) in [6.45, 7) is 12.2. The van der Waals surface area contributed by atoms with Gasteiger partial charge in [-0.05, 0) is 37.4 Å². The molecule has 0 aromatic carbocycles. The number of hydrogen-bond donors (Lipinski definition) is 2. The molecule has 0 radical (unpaired) electrons. The summed E-state index contributed by atoms with van der Waals surface area (Å²) in [7, 11) is 0. The fourth-order valence-electron chi connectivity index (χ4n) is 1.11. The predicted molar refractivity (Wildman–Crippen MR) is 59.7 cm³/mol. The van der Waals surface area contributed by atoms with Gasteiger partial charge < -0.3 is 11.1 Å². The first-order valence-electron chi connectivity index (χ1n) is 5.52. The topological polar surface area (TPSA) is 38.0 Å². The number of rotatable bonds is 2. The molecule has 0 bridgehead atoms. The average Bonchev–Trinajstić information content (AvgIpc) is 2.51. The summed E-state index contributed by atoms with van der Waals surface area (Å²) in [4.78, 5) is 0. The fourth-order valence-corrected chi connectivity index (χ4v) is 1.11. The lowest BCUT2D eigenvalue weighted by atomic mass is 10.0. The molecule has 2 heteroatoms. The van der Waals surface area contributed by atoms with Crippen LogP contribution >= 0.6 is 0 Å². The molecule has 1 saturated heterocycles. The van der Waals surface area contributed by atoms with Crippen molar-refractivity contribution in [2.45, 2.75) is 34.1 Å². The molecule has 1 heterocycles. The van der Waals surface area contributed by atoms with Crippen molar-refractivity contribution in [3.8, 4) is 0 Å². The van der Waals surface area contributed by atoms with Crippen molar-refractivity contribution in [3.05, 3.63) is 0 Å². The lowest BCUT2D eigenvalue weighted by Crippen LogP contribution is -2.08. The highest BCUT2D eigenvalue weighted by atomic mass is 14.9. The number of hydrogen-bond acceptors (Lipinski definition) is 2. The Balaban J connectivity index is 0.000000226. The second kappa shape index (κ2) is 7.34. The van der Waals surface area contributed by atoms with E-state index in [4.69, 9.17) is 5.73 Å². The van der Waals surface area contributed by atoms with Crippen LogP contribution in [0, 0.1) is 17.8 Å². The zero-order valence-electron chi connectivity index (χ0n) is 9.64. The van der Waals surface area contributed by atoms with E-state index >= 15 is 0 Å². The average molecular weight is 186 g/mol. The Hall–Kier alpha value is -0.0800. The Morgan fingerprint density at radius 3 is 1.85 bits per heavy atom. The van der Waals surface area contributed by atoms with Crippen molar-refractivity contribution in [1.29, 1.82) is 0 Å². The highest BCUT2D eigenvalue weighted by Gasteiger charge is 2.16. The van der Waals surface area contributed by atoms with Gasteiger partial charge in [0.05, 0.1) is 0 Å². The van der Waals surface area contributed by atoms with E-state index in [1.165, 1.54) is 19.5 Å². The van der Waals surface area contributed by atoms with Gasteiger partial charge in [0.1, 0.15) is 0 Å². The van der Waals surface area contributed by atoms with Gasteiger partial charge in [-0.15, -0.1) is 0 Å². The Bertz CT molecular complexity index is 103. The third-order valence-electron chi connectivity index (χ3n) is 3.00. The molecule has 2 nitrogen and oxygen atoms in total. The molecule has 0 spiro atoms. The highest BCUT2D eigenvalue weighted by Crippen LogP contribution is 2.13. The van der Waals surface area contributed by atoms with Gasteiger partial charge in [-0.2, -0.15) is 0 Å². The van der Waals surface area contributed by atoms with Crippen LogP contribution in [-0.2, 0) is 0 Å². The lowest BCUT2D eigenvalue weighted by molar-refractivity contribution is 0.494. The molecule has 0 aromatic heterocycles. The van der Waals surface area contributed by atoms with Gasteiger partial charge in [0.2, 0.25) is 0 Å². The molecular weight excluding hydrogens is 160 g/mol. The smallest absolute Gasteiger partial charge is 0.00200 e. The maximum absolute atomic E-state index is 5.28. The van der Waals surface area contributed by atoms with Crippen LogP contribution in [0.4, 0.5) is 0 Å². The van der Waals surface area contributed by atoms with E-state index in [0.717, 1.165) is 18.4 Å². The van der Waals surface area contributed by atoms with Gasteiger partial charge in [-0.1, -0.05) is 34.1 Å². The summed E-state index contributed by atoms with van der Waals surface area (Å²) in [6, 6.07) is 0. The molecule has 1 aliphatic heterocycles. The van der Waals surface area contributed by atoms with Gasteiger partial charge >= 0.3 is 0 Å². The maximum atomic E-state index is 5.28. The Morgan fingerprint density at radius 2 is 1.77 bits per heavy atom. The number of nitrogens with two attached hydrogens (primary N) is 1. The molecule has 1 rings (SSSR count). The van der Waals surface area contributed by atoms with E-state index in [1.54, 1.807) is 0 Å². The van der Waals surface area contributed by atoms with Crippen LogP contribution in [0.5, 0.6) is 0 Å². The van der Waals surface area contributed by atoms with Gasteiger partial charge in [0.15, 0.2) is 0 Å². The first kappa shape index (κ1) is 12.9. The van der Waals surface area contributed by atoms with Crippen LogP contribution in [0.25, 0.3) is 0 Å².